The number of hydroxylamine groups is 4. The van der Waals surface area contributed by atoms with Crippen LogP contribution in [0.5, 0.6) is 0 Å². The molecule has 0 aromatic carbocycles. The third-order valence-electron chi connectivity index (χ3n) is 8.75. The van der Waals surface area contributed by atoms with Crippen LogP contribution in [0, 0.1) is 11.3 Å². The van der Waals surface area contributed by atoms with E-state index in [0.29, 0.717) is 42.9 Å². The number of unbranched alkanes of at least 4 members (excludes halogenated alkanes) is 5. The van der Waals surface area contributed by atoms with Crippen LogP contribution in [-0.2, 0) is 19.3 Å². The van der Waals surface area contributed by atoms with E-state index in [0.717, 1.165) is 77.3 Å². The predicted octanol–water partition coefficient (Wildman–Crippen LogP) is 7.99. The number of aliphatic hydroxyl groups excluding tert-OH is 1. The van der Waals surface area contributed by atoms with Crippen molar-refractivity contribution in [2.24, 2.45) is 11.3 Å². The quantitative estimate of drug-likeness (QED) is 0.178. The topological polar surface area (TPSA) is 79.3 Å². The van der Waals surface area contributed by atoms with Crippen molar-refractivity contribution < 1.29 is 24.4 Å². The third-order valence-corrected chi connectivity index (χ3v) is 8.75. The van der Waals surface area contributed by atoms with Gasteiger partial charge in [-0.1, -0.05) is 79.1 Å². The van der Waals surface area contributed by atoms with Crippen LogP contribution in [0.3, 0.4) is 0 Å². The molecule has 3 atom stereocenters. The summed E-state index contributed by atoms with van der Waals surface area (Å²) in [5.41, 5.74) is 0.495. The molecule has 1 N–H and O–H groups in total. The second kappa shape index (κ2) is 21.5. The van der Waals surface area contributed by atoms with Crippen molar-refractivity contribution in [3.63, 3.8) is 0 Å². The molecule has 2 heterocycles. The Bertz CT molecular complexity index is 629. The Morgan fingerprint density at radius 2 is 1.25 bits per heavy atom. The summed E-state index contributed by atoms with van der Waals surface area (Å²) in [7, 11) is 0. The lowest BCUT2D eigenvalue weighted by Gasteiger charge is -2.31. The zero-order valence-corrected chi connectivity index (χ0v) is 27.1. The highest BCUT2D eigenvalue weighted by molar-refractivity contribution is 5.69. The number of hydrogen-bond donors (Lipinski definition) is 1. The fraction of sp³-hybridized carbons (Fsp3) is 0.939. The number of carbonyl (C=O) groups is 2. The van der Waals surface area contributed by atoms with Crippen molar-refractivity contribution >= 4 is 11.9 Å². The fourth-order valence-electron chi connectivity index (χ4n) is 5.21. The first-order valence-corrected chi connectivity index (χ1v) is 16.6. The minimum absolute atomic E-state index is 0.0940. The van der Waals surface area contributed by atoms with Gasteiger partial charge in [-0.05, 0) is 76.5 Å². The van der Waals surface area contributed by atoms with Gasteiger partial charge in [-0.2, -0.15) is 0 Å². The van der Waals surface area contributed by atoms with Crippen molar-refractivity contribution in [2.45, 2.75) is 169 Å². The first-order valence-electron chi connectivity index (χ1n) is 16.6. The molecule has 2 fully saturated rings. The van der Waals surface area contributed by atoms with E-state index in [2.05, 4.69) is 41.5 Å². The van der Waals surface area contributed by atoms with Gasteiger partial charge in [-0.3, -0.25) is 9.59 Å². The van der Waals surface area contributed by atoms with E-state index < -0.39 is 0 Å². The summed E-state index contributed by atoms with van der Waals surface area (Å²) in [5.74, 6) is 0.296. The van der Waals surface area contributed by atoms with Crippen LogP contribution in [0.4, 0.5) is 0 Å². The molecule has 0 radical (unpaired) electrons. The minimum Gasteiger partial charge on any atom is -0.396 e. The third kappa shape index (κ3) is 17.6. The molecule has 0 saturated carbocycles. The van der Waals surface area contributed by atoms with Gasteiger partial charge in [0, 0.05) is 44.6 Å². The lowest BCUT2D eigenvalue weighted by Crippen LogP contribution is -2.39. The van der Waals surface area contributed by atoms with Gasteiger partial charge in [0.05, 0.1) is 0 Å². The fourth-order valence-corrected chi connectivity index (χ4v) is 5.21. The Morgan fingerprint density at radius 1 is 0.800 bits per heavy atom. The number of rotatable bonds is 17. The molecule has 0 aromatic heterocycles. The van der Waals surface area contributed by atoms with Crippen molar-refractivity contribution in [3.8, 4) is 0 Å². The highest BCUT2D eigenvalue weighted by atomic mass is 16.7. The SMILES string of the molecule is CC1CCCCN1OC(=O)CCCCCCCCC(=O)ON1CCCCC1C.CCC(C)(C)CCCC(C)CO. The van der Waals surface area contributed by atoms with Gasteiger partial charge in [0.2, 0.25) is 0 Å². The maximum atomic E-state index is 11.9. The number of nitrogens with zero attached hydrogens (tertiary/aromatic N) is 2. The Kier molecular flexibility index (Phi) is 19.8. The summed E-state index contributed by atoms with van der Waals surface area (Å²) in [5, 5.41) is 12.5. The number of hydrogen-bond acceptors (Lipinski definition) is 7. The van der Waals surface area contributed by atoms with Gasteiger partial charge in [-0.15, -0.1) is 10.1 Å². The van der Waals surface area contributed by atoms with Gasteiger partial charge in [0.25, 0.3) is 0 Å². The summed E-state index contributed by atoms with van der Waals surface area (Å²) in [6, 6.07) is 0.699. The van der Waals surface area contributed by atoms with Crippen molar-refractivity contribution in [3.05, 3.63) is 0 Å². The number of piperidine rings is 2. The molecular weight excluding hydrogens is 504 g/mol. The summed E-state index contributed by atoms with van der Waals surface area (Å²) < 4.78 is 0. The van der Waals surface area contributed by atoms with E-state index in [1.807, 2.05) is 10.1 Å². The standard InChI is InChI=1S/C22H40N2O4.C11H24O/c1-19-13-9-11-17-23(19)27-21(25)15-7-5-3-4-6-8-16-22(26)28-24-18-12-10-14-20(24)2;1-5-11(3,4)8-6-7-10(2)9-12/h19-20H,3-18H2,1-2H3;10,12H,5-9H2,1-4H3. The molecule has 0 amide bonds. The molecule has 2 aliphatic rings. The maximum absolute atomic E-state index is 11.9. The molecule has 40 heavy (non-hydrogen) atoms. The lowest BCUT2D eigenvalue weighted by atomic mass is 9.84. The van der Waals surface area contributed by atoms with Crippen LogP contribution in [0.25, 0.3) is 0 Å². The second-order valence-electron chi connectivity index (χ2n) is 13.2. The zero-order chi connectivity index (χ0) is 29.8. The van der Waals surface area contributed by atoms with E-state index in [1.165, 1.54) is 38.5 Å². The lowest BCUT2D eigenvalue weighted by molar-refractivity contribution is -0.206. The van der Waals surface area contributed by atoms with Crippen molar-refractivity contribution in [1.82, 2.24) is 10.1 Å². The molecule has 2 saturated heterocycles. The Balaban J connectivity index is 0.000000562. The van der Waals surface area contributed by atoms with E-state index in [4.69, 9.17) is 14.8 Å². The van der Waals surface area contributed by atoms with Crippen LogP contribution in [0.2, 0.25) is 0 Å². The molecule has 0 spiro atoms. The first kappa shape index (κ1) is 36.8. The molecule has 2 rings (SSSR count). The summed E-state index contributed by atoms with van der Waals surface area (Å²) in [6.07, 6.45) is 18.9. The highest BCUT2D eigenvalue weighted by Gasteiger charge is 2.23. The Hall–Kier alpha value is -1.18. The van der Waals surface area contributed by atoms with Crippen LogP contribution in [-0.4, -0.2) is 59.0 Å². The van der Waals surface area contributed by atoms with E-state index in [-0.39, 0.29) is 11.9 Å². The van der Waals surface area contributed by atoms with Crippen LogP contribution in [0.1, 0.15) is 157 Å². The molecule has 3 unspecified atom stereocenters. The minimum atomic E-state index is -0.0940. The maximum Gasteiger partial charge on any atom is 0.325 e. The smallest absolute Gasteiger partial charge is 0.325 e. The summed E-state index contributed by atoms with van der Waals surface area (Å²) in [6.45, 7) is 15.3. The molecule has 236 valence electrons. The van der Waals surface area contributed by atoms with E-state index in [9.17, 15) is 9.59 Å². The second-order valence-corrected chi connectivity index (χ2v) is 13.2. The number of aliphatic hydroxyl groups is 1. The Morgan fingerprint density at radius 3 is 1.65 bits per heavy atom. The van der Waals surface area contributed by atoms with Gasteiger partial charge >= 0.3 is 11.9 Å². The molecular formula is C33H64N2O5. The Labute approximate surface area is 246 Å². The summed E-state index contributed by atoms with van der Waals surface area (Å²) in [4.78, 5) is 34.8. The van der Waals surface area contributed by atoms with Gasteiger partial charge in [0.1, 0.15) is 0 Å². The highest BCUT2D eigenvalue weighted by Crippen LogP contribution is 2.27. The van der Waals surface area contributed by atoms with Crippen molar-refractivity contribution in [2.75, 3.05) is 19.7 Å². The van der Waals surface area contributed by atoms with Crippen LogP contribution in [0.15, 0.2) is 0 Å². The molecule has 0 aromatic rings. The van der Waals surface area contributed by atoms with Gasteiger partial charge < -0.3 is 14.8 Å². The van der Waals surface area contributed by atoms with Gasteiger partial charge in [-0.25, -0.2) is 0 Å². The monoisotopic (exact) mass is 568 g/mol. The van der Waals surface area contributed by atoms with Crippen LogP contribution >= 0.6 is 0 Å². The first-order chi connectivity index (χ1) is 19.1. The molecule has 7 nitrogen and oxygen atoms in total. The summed E-state index contributed by atoms with van der Waals surface area (Å²) >= 11 is 0. The molecule has 2 aliphatic heterocycles. The van der Waals surface area contributed by atoms with Crippen molar-refractivity contribution in [1.29, 1.82) is 0 Å². The largest absolute Gasteiger partial charge is 0.396 e. The average Bonchev–Trinajstić information content (AvgIpc) is 2.93. The van der Waals surface area contributed by atoms with E-state index in [1.54, 1.807) is 0 Å². The normalized spacial score (nSPS) is 21.3. The van der Waals surface area contributed by atoms with Crippen LogP contribution < -0.4 is 0 Å². The average molecular weight is 569 g/mol. The number of carbonyl (C=O) groups excluding carboxylic acids is 2. The van der Waals surface area contributed by atoms with Gasteiger partial charge in [0.15, 0.2) is 0 Å². The zero-order valence-electron chi connectivity index (χ0n) is 27.1. The molecule has 0 bridgehead atoms. The van der Waals surface area contributed by atoms with E-state index >= 15 is 0 Å². The molecule has 7 heteroatoms. The predicted molar refractivity (Wildman–Crippen MR) is 163 cm³/mol. The molecule has 0 aliphatic carbocycles.